The molecule has 0 radical (unpaired) electrons. The van der Waals surface area contributed by atoms with Gasteiger partial charge in [0.05, 0.1) is 17.7 Å². The summed E-state index contributed by atoms with van der Waals surface area (Å²) in [4.78, 5) is 11.5. The van der Waals surface area contributed by atoms with Crippen LogP contribution in [0.5, 0.6) is 0 Å². The van der Waals surface area contributed by atoms with E-state index >= 15 is 0 Å². The topological polar surface area (TPSA) is 70.1 Å². The van der Waals surface area contributed by atoms with Crippen LogP contribution in [-0.4, -0.2) is 22.5 Å². The van der Waals surface area contributed by atoms with Crippen molar-refractivity contribution in [2.45, 2.75) is 13.1 Å². The standard InChI is InChI=1S/C11H10F3N3O2/c1-2-19-10(18)17-9(15)7-5-6(11(12,13)14)3-4-8(7)16-17/h3-5H,2,15H2,1H3. The normalized spacial score (nSPS) is 11.8. The Hall–Kier alpha value is -2.25. The Morgan fingerprint density at radius 2 is 2.16 bits per heavy atom. The van der Waals surface area contributed by atoms with Gasteiger partial charge in [0.25, 0.3) is 0 Å². The van der Waals surface area contributed by atoms with E-state index < -0.39 is 17.8 Å². The second-order valence-corrected chi connectivity index (χ2v) is 3.73. The maximum absolute atomic E-state index is 12.6. The third-order valence-electron chi connectivity index (χ3n) is 2.48. The van der Waals surface area contributed by atoms with Crippen LogP contribution in [-0.2, 0) is 10.9 Å². The first kappa shape index (κ1) is 13.2. The highest BCUT2D eigenvalue weighted by Crippen LogP contribution is 2.32. The number of halogens is 3. The van der Waals surface area contributed by atoms with Gasteiger partial charge >= 0.3 is 12.3 Å². The minimum atomic E-state index is -4.48. The Morgan fingerprint density at radius 1 is 1.47 bits per heavy atom. The van der Waals surface area contributed by atoms with Gasteiger partial charge in [-0.05, 0) is 25.1 Å². The average Bonchev–Trinajstić information content (AvgIpc) is 2.66. The first-order chi connectivity index (χ1) is 8.84. The molecule has 2 aromatic rings. The molecule has 1 heterocycles. The molecule has 5 nitrogen and oxygen atoms in total. The second-order valence-electron chi connectivity index (χ2n) is 3.73. The number of aromatic nitrogens is 2. The average molecular weight is 273 g/mol. The molecule has 0 saturated heterocycles. The number of nitrogens with two attached hydrogens (primary N) is 1. The highest BCUT2D eigenvalue weighted by Gasteiger charge is 2.31. The minimum absolute atomic E-state index is 0.0582. The van der Waals surface area contributed by atoms with Gasteiger partial charge in [-0.1, -0.05) is 0 Å². The number of anilines is 1. The van der Waals surface area contributed by atoms with Crippen molar-refractivity contribution in [2.24, 2.45) is 0 Å². The maximum Gasteiger partial charge on any atom is 0.436 e. The molecule has 0 aliphatic rings. The van der Waals surface area contributed by atoms with Gasteiger partial charge < -0.3 is 10.5 Å². The highest BCUT2D eigenvalue weighted by molar-refractivity contribution is 5.93. The van der Waals surface area contributed by atoms with E-state index in [2.05, 4.69) is 5.10 Å². The van der Waals surface area contributed by atoms with Gasteiger partial charge in [-0.2, -0.15) is 18.3 Å². The molecule has 19 heavy (non-hydrogen) atoms. The molecule has 1 aromatic carbocycles. The van der Waals surface area contributed by atoms with E-state index in [1.807, 2.05) is 0 Å². The molecule has 0 atom stereocenters. The van der Waals surface area contributed by atoms with Crippen LogP contribution in [0.2, 0.25) is 0 Å². The molecule has 0 amide bonds. The van der Waals surface area contributed by atoms with E-state index in [4.69, 9.17) is 10.5 Å². The van der Waals surface area contributed by atoms with Crippen LogP contribution in [0.1, 0.15) is 12.5 Å². The summed E-state index contributed by atoms with van der Waals surface area (Å²) in [6.45, 7) is 1.71. The van der Waals surface area contributed by atoms with Gasteiger partial charge in [0.15, 0.2) is 0 Å². The van der Waals surface area contributed by atoms with Crippen molar-refractivity contribution in [1.29, 1.82) is 0 Å². The van der Waals surface area contributed by atoms with Crippen LogP contribution in [0.4, 0.5) is 23.8 Å². The lowest BCUT2D eigenvalue weighted by Gasteiger charge is -2.05. The van der Waals surface area contributed by atoms with E-state index in [0.717, 1.165) is 22.9 Å². The Balaban J connectivity index is 2.55. The molecular weight excluding hydrogens is 263 g/mol. The van der Waals surface area contributed by atoms with Crippen molar-refractivity contribution in [2.75, 3.05) is 12.3 Å². The third-order valence-corrected chi connectivity index (χ3v) is 2.48. The van der Waals surface area contributed by atoms with E-state index in [-0.39, 0.29) is 23.3 Å². The predicted octanol–water partition coefficient (Wildman–Crippen LogP) is 2.64. The molecule has 2 rings (SSSR count). The molecule has 102 valence electrons. The summed E-state index contributed by atoms with van der Waals surface area (Å²) in [6.07, 6.45) is -5.31. The summed E-state index contributed by atoms with van der Waals surface area (Å²) >= 11 is 0. The lowest BCUT2D eigenvalue weighted by Crippen LogP contribution is -2.17. The zero-order chi connectivity index (χ0) is 14.2. The van der Waals surface area contributed by atoms with Crippen molar-refractivity contribution in [3.05, 3.63) is 23.8 Å². The van der Waals surface area contributed by atoms with Crippen LogP contribution in [0.3, 0.4) is 0 Å². The molecule has 2 N–H and O–H groups in total. The van der Waals surface area contributed by atoms with Gasteiger partial charge in [0.2, 0.25) is 0 Å². The zero-order valence-electron chi connectivity index (χ0n) is 9.86. The number of nitrogens with zero attached hydrogens (tertiary/aromatic N) is 2. The molecule has 0 unspecified atom stereocenters. The number of nitrogen functional groups attached to an aromatic ring is 1. The zero-order valence-corrected chi connectivity index (χ0v) is 9.86. The molecule has 0 bridgehead atoms. The van der Waals surface area contributed by atoms with Crippen molar-refractivity contribution in [3.63, 3.8) is 0 Å². The second kappa shape index (κ2) is 4.45. The summed E-state index contributed by atoms with van der Waals surface area (Å²) < 4.78 is 43.2. The first-order valence-electron chi connectivity index (χ1n) is 5.37. The van der Waals surface area contributed by atoms with Crippen molar-refractivity contribution >= 4 is 22.8 Å². The fourth-order valence-electron chi connectivity index (χ4n) is 1.60. The van der Waals surface area contributed by atoms with Gasteiger partial charge in [-0.25, -0.2) is 4.79 Å². The van der Waals surface area contributed by atoms with Gasteiger partial charge in [-0.15, -0.1) is 4.68 Å². The van der Waals surface area contributed by atoms with E-state index in [9.17, 15) is 18.0 Å². The number of alkyl halides is 3. The van der Waals surface area contributed by atoms with Crippen LogP contribution >= 0.6 is 0 Å². The summed E-state index contributed by atoms with van der Waals surface area (Å²) in [5.74, 6) is -0.181. The number of hydrogen-bond acceptors (Lipinski definition) is 4. The molecule has 1 aromatic heterocycles. The number of carbonyl (C=O) groups excluding carboxylic acids is 1. The number of hydrogen-bond donors (Lipinski definition) is 1. The molecule has 8 heteroatoms. The van der Waals surface area contributed by atoms with Crippen LogP contribution in [0.25, 0.3) is 10.9 Å². The number of ether oxygens (including phenoxy) is 1. The SMILES string of the molecule is CCOC(=O)n1nc2ccc(C(F)(F)F)cc2c1N. The molecule has 0 fully saturated rings. The lowest BCUT2D eigenvalue weighted by molar-refractivity contribution is -0.137. The molecular formula is C11H10F3N3O2. The summed E-state index contributed by atoms with van der Waals surface area (Å²) in [6, 6.07) is 2.89. The first-order valence-corrected chi connectivity index (χ1v) is 5.37. The van der Waals surface area contributed by atoms with Gasteiger partial charge in [-0.3, -0.25) is 0 Å². The van der Waals surface area contributed by atoms with Crippen LogP contribution < -0.4 is 5.73 Å². The van der Waals surface area contributed by atoms with E-state index in [0.29, 0.717) is 0 Å². The number of fused-ring (bicyclic) bond motifs is 1. The predicted molar refractivity (Wildman–Crippen MR) is 61.6 cm³/mol. The lowest BCUT2D eigenvalue weighted by atomic mass is 10.1. The van der Waals surface area contributed by atoms with E-state index in [1.165, 1.54) is 0 Å². The van der Waals surface area contributed by atoms with E-state index in [1.54, 1.807) is 6.92 Å². The Labute approximate surface area is 105 Å². The molecule has 0 spiro atoms. The summed E-state index contributed by atoms with van der Waals surface area (Å²) in [7, 11) is 0. The molecule has 0 saturated carbocycles. The van der Waals surface area contributed by atoms with Crippen molar-refractivity contribution < 1.29 is 22.7 Å². The summed E-state index contributed by atoms with van der Waals surface area (Å²) in [5.41, 5.74) is 4.96. The largest absolute Gasteiger partial charge is 0.448 e. The monoisotopic (exact) mass is 273 g/mol. The quantitative estimate of drug-likeness (QED) is 0.867. The third kappa shape index (κ3) is 2.33. The molecule has 0 aliphatic carbocycles. The van der Waals surface area contributed by atoms with Crippen LogP contribution in [0, 0.1) is 0 Å². The Morgan fingerprint density at radius 3 is 2.74 bits per heavy atom. The van der Waals surface area contributed by atoms with Gasteiger partial charge in [0, 0.05) is 5.39 Å². The van der Waals surface area contributed by atoms with Crippen molar-refractivity contribution in [1.82, 2.24) is 9.78 Å². The Bertz CT molecular complexity index is 634. The fraction of sp³-hybridized carbons (Fsp3) is 0.273. The molecule has 0 aliphatic heterocycles. The minimum Gasteiger partial charge on any atom is -0.448 e. The fourth-order valence-corrected chi connectivity index (χ4v) is 1.60. The highest BCUT2D eigenvalue weighted by atomic mass is 19.4. The maximum atomic E-state index is 12.6. The number of carbonyl (C=O) groups is 1. The summed E-state index contributed by atoms with van der Waals surface area (Å²) in [5, 5.41) is 3.86. The smallest absolute Gasteiger partial charge is 0.436 e. The number of benzene rings is 1. The Kier molecular flexibility index (Phi) is 3.09. The number of rotatable bonds is 1. The van der Waals surface area contributed by atoms with Gasteiger partial charge in [0.1, 0.15) is 5.82 Å². The van der Waals surface area contributed by atoms with Crippen molar-refractivity contribution in [3.8, 4) is 0 Å². The van der Waals surface area contributed by atoms with Crippen LogP contribution in [0.15, 0.2) is 18.2 Å².